The molecule has 2 aromatic carbocycles. The van der Waals surface area contributed by atoms with Crippen LogP contribution in [0.5, 0.6) is 0 Å². The minimum Gasteiger partial charge on any atom is -0.370 e. The van der Waals surface area contributed by atoms with E-state index in [0.29, 0.717) is 29.8 Å². The molecule has 2 unspecified atom stereocenters. The van der Waals surface area contributed by atoms with Gasteiger partial charge in [-0.1, -0.05) is 88.7 Å². The largest absolute Gasteiger partial charge is 0.370 e. The summed E-state index contributed by atoms with van der Waals surface area (Å²) >= 11 is 6.31. The molecule has 1 saturated carbocycles. The summed E-state index contributed by atoms with van der Waals surface area (Å²) in [4.78, 5) is 62.0. The molecule has 0 spiro atoms. The molecule has 0 radical (unpaired) electrons. The van der Waals surface area contributed by atoms with Crippen molar-refractivity contribution in [3.05, 3.63) is 70.2 Å². The maximum absolute atomic E-state index is 14.0. The SMILES string of the molecule is CCCC=NC(=O)[C@H](C)C[C@H](NC(=O)C(CCCC)NC(=O)c1ccc(CN=C(N)N)cc1)C(=O)NC1CCCC[C@H]1c1cccc(Cl)c1. The molecular weight excluding hydrogens is 642 g/mol. The van der Waals surface area contributed by atoms with Crippen LogP contribution in [0.2, 0.25) is 5.02 Å². The second-order valence-corrected chi connectivity index (χ2v) is 13.2. The van der Waals surface area contributed by atoms with E-state index < -0.39 is 29.8 Å². The summed E-state index contributed by atoms with van der Waals surface area (Å²) in [5.74, 6) is -2.23. The molecule has 0 bridgehead atoms. The first-order valence-corrected chi connectivity index (χ1v) is 17.8. The molecule has 1 aliphatic rings. The monoisotopic (exact) mass is 693 g/mol. The highest BCUT2D eigenvalue weighted by Gasteiger charge is 2.33. The van der Waals surface area contributed by atoms with Gasteiger partial charge in [0.15, 0.2) is 5.96 Å². The Balaban J connectivity index is 1.81. The fraction of sp³-hybridized carbons (Fsp3) is 0.514. The van der Waals surface area contributed by atoms with Gasteiger partial charge in [-0.05, 0) is 67.5 Å². The number of nitrogens with one attached hydrogen (secondary N) is 3. The lowest BCUT2D eigenvalue weighted by atomic mass is 9.80. The molecule has 7 N–H and O–H groups in total. The Morgan fingerprint density at radius 3 is 2.37 bits per heavy atom. The smallest absolute Gasteiger partial charge is 0.251 e. The first-order valence-electron chi connectivity index (χ1n) is 17.4. The summed E-state index contributed by atoms with van der Waals surface area (Å²) < 4.78 is 0. The van der Waals surface area contributed by atoms with Gasteiger partial charge in [-0.15, -0.1) is 0 Å². The highest BCUT2D eigenvalue weighted by molar-refractivity contribution is 6.30. The summed E-state index contributed by atoms with van der Waals surface area (Å²) in [6.07, 6.45) is 8.69. The number of amides is 4. The van der Waals surface area contributed by atoms with E-state index >= 15 is 0 Å². The van der Waals surface area contributed by atoms with Crippen molar-refractivity contribution < 1.29 is 19.2 Å². The van der Waals surface area contributed by atoms with Crippen molar-refractivity contribution >= 4 is 47.4 Å². The van der Waals surface area contributed by atoms with E-state index in [4.69, 9.17) is 23.1 Å². The van der Waals surface area contributed by atoms with Crippen molar-refractivity contribution in [3.63, 3.8) is 0 Å². The maximum atomic E-state index is 14.0. The zero-order chi connectivity index (χ0) is 35.8. The summed E-state index contributed by atoms with van der Waals surface area (Å²) in [6, 6.07) is 12.4. The fourth-order valence-electron chi connectivity index (χ4n) is 5.95. The van der Waals surface area contributed by atoms with Crippen LogP contribution in [-0.2, 0) is 20.9 Å². The summed E-state index contributed by atoms with van der Waals surface area (Å²) in [5, 5.41) is 9.59. The third kappa shape index (κ3) is 12.9. The number of guanidine groups is 1. The van der Waals surface area contributed by atoms with Crippen molar-refractivity contribution in [3.8, 4) is 0 Å². The topological polar surface area (TPSA) is 181 Å². The molecule has 0 saturated heterocycles. The van der Waals surface area contributed by atoms with Crippen molar-refractivity contribution in [2.45, 2.75) is 116 Å². The van der Waals surface area contributed by atoms with Crippen LogP contribution in [0, 0.1) is 5.92 Å². The number of rotatable bonds is 17. The second kappa shape index (κ2) is 20.3. The van der Waals surface area contributed by atoms with Crippen LogP contribution in [0.1, 0.15) is 112 Å². The van der Waals surface area contributed by atoms with Gasteiger partial charge in [0, 0.05) is 34.7 Å². The van der Waals surface area contributed by atoms with E-state index in [1.165, 1.54) is 0 Å². The number of nitrogens with two attached hydrogens (primary N) is 2. The lowest BCUT2D eigenvalue weighted by Crippen LogP contribution is -2.56. The standard InChI is InChI=1S/C37H52ClN7O4/c1-4-6-14-31(44-34(47)26-18-16-25(17-19-26)23-42-37(39)40)35(48)45-32(21-24(3)33(46)41-20-7-5-2)36(49)43-30-15-9-8-13-29(30)27-11-10-12-28(38)22-27/h10-12,16-20,22,24,29-32H,4-9,13-15,21,23H2,1-3H3,(H,43,49)(H,44,47)(H,45,48)(H4,39,40,42)/t24-,29+,30?,31?,32+/m1/s1. The van der Waals surface area contributed by atoms with E-state index in [1.807, 2.05) is 38.1 Å². The van der Waals surface area contributed by atoms with E-state index in [0.717, 1.165) is 49.7 Å². The minimum atomic E-state index is -1.02. The highest BCUT2D eigenvalue weighted by atomic mass is 35.5. The summed E-state index contributed by atoms with van der Waals surface area (Å²) in [7, 11) is 0. The quantitative estimate of drug-likeness (QED) is 0.113. The molecule has 2 aromatic rings. The number of aliphatic imine (C=N–C) groups is 2. The van der Waals surface area contributed by atoms with E-state index in [9.17, 15) is 19.2 Å². The van der Waals surface area contributed by atoms with Crippen LogP contribution >= 0.6 is 11.6 Å². The fourth-order valence-corrected chi connectivity index (χ4v) is 6.15. The molecule has 0 aliphatic heterocycles. The number of halogens is 1. The predicted molar refractivity (Wildman–Crippen MR) is 195 cm³/mol. The maximum Gasteiger partial charge on any atom is 0.251 e. The number of nitrogens with zero attached hydrogens (tertiary/aromatic N) is 2. The van der Waals surface area contributed by atoms with Crippen LogP contribution in [0.3, 0.4) is 0 Å². The Morgan fingerprint density at radius 1 is 0.959 bits per heavy atom. The lowest BCUT2D eigenvalue weighted by molar-refractivity contribution is -0.131. The second-order valence-electron chi connectivity index (χ2n) is 12.8. The van der Waals surface area contributed by atoms with Crippen LogP contribution < -0.4 is 27.4 Å². The number of benzene rings is 2. The van der Waals surface area contributed by atoms with Gasteiger partial charge < -0.3 is 27.4 Å². The summed E-state index contributed by atoms with van der Waals surface area (Å²) in [6.45, 7) is 5.98. The first-order chi connectivity index (χ1) is 23.5. The predicted octanol–water partition coefficient (Wildman–Crippen LogP) is 5.15. The van der Waals surface area contributed by atoms with Gasteiger partial charge in [0.25, 0.3) is 5.91 Å². The van der Waals surface area contributed by atoms with Crippen LogP contribution in [0.15, 0.2) is 58.5 Å². The van der Waals surface area contributed by atoms with Crippen LogP contribution in [0.4, 0.5) is 0 Å². The van der Waals surface area contributed by atoms with E-state index in [1.54, 1.807) is 37.4 Å². The van der Waals surface area contributed by atoms with Gasteiger partial charge >= 0.3 is 0 Å². The molecule has 3 rings (SSSR count). The Labute approximate surface area is 295 Å². The third-order valence-corrected chi connectivity index (χ3v) is 9.01. The Hall–Kier alpha value is -4.25. The molecule has 1 fully saturated rings. The first kappa shape index (κ1) is 39.2. The van der Waals surface area contributed by atoms with Crippen molar-refractivity contribution in [2.75, 3.05) is 0 Å². The Bertz CT molecular complexity index is 1460. The number of unbranched alkanes of at least 4 members (excludes halogenated alkanes) is 2. The average Bonchev–Trinajstić information content (AvgIpc) is 3.09. The number of carbonyl (C=O) groups is 4. The molecule has 0 heterocycles. The molecule has 266 valence electrons. The van der Waals surface area contributed by atoms with Crippen LogP contribution in [0.25, 0.3) is 0 Å². The summed E-state index contributed by atoms with van der Waals surface area (Å²) in [5.41, 5.74) is 13.1. The number of carbonyl (C=O) groups excluding carboxylic acids is 4. The molecule has 4 amide bonds. The molecular formula is C37H52ClN7O4. The van der Waals surface area contributed by atoms with Gasteiger partial charge in [0.2, 0.25) is 17.7 Å². The molecule has 0 aromatic heterocycles. The van der Waals surface area contributed by atoms with Crippen molar-refractivity contribution in [1.29, 1.82) is 0 Å². The zero-order valence-electron chi connectivity index (χ0n) is 28.9. The highest BCUT2D eigenvalue weighted by Crippen LogP contribution is 2.34. The van der Waals surface area contributed by atoms with Gasteiger partial charge in [-0.2, -0.15) is 0 Å². The number of hydrogen-bond acceptors (Lipinski definition) is 5. The minimum absolute atomic E-state index is 0.0266. The van der Waals surface area contributed by atoms with Gasteiger partial charge in [0.05, 0.1) is 6.54 Å². The molecule has 11 nitrogen and oxygen atoms in total. The van der Waals surface area contributed by atoms with Crippen LogP contribution in [-0.4, -0.2) is 53.9 Å². The zero-order valence-corrected chi connectivity index (χ0v) is 29.7. The molecule has 49 heavy (non-hydrogen) atoms. The number of hydrogen-bond donors (Lipinski definition) is 5. The molecule has 12 heteroatoms. The molecule has 5 atom stereocenters. The van der Waals surface area contributed by atoms with Crippen molar-refractivity contribution in [1.82, 2.24) is 16.0 Å². The van der Waals surface area contributed by atoms with Gasteiger partial charge in [-0.3, -0.25) is 19.2 Å². The Kier molecular flexibility index (Phi) is 16.2. The third-order valence-electron chi connectivity index (χ3n) is 8.78. The Morgan fingerprint density at radius 2 is 1.69 bits per heavy atom. The van der Waals surface area contributed by atoms with Gasteiger partial charge in [-0.25, -0.2) is 9.98 Å². The van der Waals surface area contributed by atoms with E-state index in [-0.39, 0.29) is 42.7 Å². The molecule has 1 aliphatic carbocycles. The average molecular weight is 694 g/mol. The van der Waals surface area contributed by atoms with Crippen molar-refractivity contribution in [2.24, 2.45) is 27.4 Å². The normalized spacial score (nSPS) is 17.8. The lowest BCUT2D eigenvalue weighted by Gasteiger charge is -2.34. The van der Waals surface area contributed by atoms with E-state index in [2.05, 4.69) is 25.9 Å². The van der Waals surface area contributed by atoms with Gasteiger partial charge in [0.1, 0.15) is 12.1 Å².